The molecule has 0 saturated heterocycles. The minimum atomic E-state index is -4.53. The van der Waals surface area contributed by atoms with Gasteiger partial charge in [-0.3, -0.25) is 9.11 Å². The van der Waals surface area contributed by atoms with E-state index in [1.54, 1.807) is 30.3 Å². The third kappa shape index (κ3) is 7.05. The first-order valence-electron chi connectivity index (χ1n) is 14.3. The summed E-state index contributed by atoms with van der Waals surface area (Å²) in [6.45, 7) is 5.36. The van der Waals surface area contributed by atoms with Gasteiger partial charge in [0.05, 0.1) is 4.90 Å². The molecule has 0 aliphatic heterocycles. The maximum atomic E-state index is 12.5. The van der Waals surface area contributed by atoms with Crippen molar-refractivity contribution in [2.75, 3.05) is 18.0 Å². The average molecular weight is 642 g/mol. The molecule has 0 bridgehead atoms. The van der Waals surface area contributed by atoms with Crippen LogP contribution < -0.4 is 4.90 Å². The Morgan fingerprint density at radius 3 is 1.80 bits per heavy atom. The molecule has 0 amide bonds. The molecule has 2 N–H and O–H groups in total. The van der Waals surface area contributed by atoms with Crippen molar-refractivity contribution in [2.24, 2.45) is 0 Å². The first-order chi connectivity index (χ1) is 21.5. The fourth-order valence-corrected chi connectivity index (χ4v) is 6.60. The Balaban J connectivity index is 1.62. The van der Waals surface area contributed by atoms with Gasteiger partial charge < -0.3 is 4.90 Å². The van der Waals surface area contributed by atoms with Crippen molar-refractivity contribution < 1.29 is 30.5 Å². The van der Waals surface area contributed by atoms with E-state index < -0.39 is 20.2 Å². The molecule has 0 unspecified atom stereocenters. The quantitative estimate of drug-likeness (QED) is 0.148. The molecule has 230 valence electrons. The lowest BCUT2D eigenvalue weighted by atomic mass is 9.90. The molecule has 10 heteroatoms. The van der Waals surface area contributed by atoms with Gasteiger partial charge >= 0.3 is 0 Å². The fraction of sp³-hybridized carbons (Fsp3) is 0.114. The summed E-state index contributed by atoms with van der Waals surface area (Å²) in [5.41, 5.74) is 6.07. The average Bonchev–Trinajstić information content (AvgIpc) is 3.03. The Bertz CT molecular complexity index is 2030. The molecule has 0 heterocycles. The topological polar surface area (TPSA) is 115 Å². The van der Waals surface area contributed by atoms with E-state index in [0.717, 1.165) is 40.5 Å². The molecule has 0 spiro atoms. The molecular weight excluding hydrogens is 609 g/mol. The van der Waals surface area contributed by atoms with E-state index in [2.05, 4.69) is 11.8 Å². The molecule has 0 radical (unpaired) electrons. The maximum absolute atomic E-state index is 12.5. The molecule has 4 aromatic carbocycles. The summed E-state index contributed by atoms with van der Waals surface area (Å²) in [6, 6.07) is 30.2. The van der Waals surface area contributed by atoms with Gasteiger partial charge in [-0.2, -0.15) is 21.4 Å². The number of hydrogen-bond donors (Lipinski definition) is 2. The highest BCUT2D eigenvalue weighted by atomic mass is 32.2. The van der Waals surface area contributed by atoms with Gasteiger partial charge in [-0.25, -0.2) is 0 Å². The summed E-state index contributed by atoms with van der Waals surface area (Å²) in [4.78, 5) is 1.79. The van der Waals surface area contributed by atoms with Crippen molar-refractivity contribution in [3.63, 3.8) is 0 Å². The van der Waals surface area contributed by atoms with E-state index in [-0.39, 0.29) is 9.79 Å². The Kier molecular flexibility index (Phi) is 9.31. The number of nitrogens with zero attached hydrogens (tertiary/aromatic N) is 2. The lowest BCUT2D eigenvalue weighted by Crippen LogP contribution is -2.16. The van der Waals surface area contributed by atoms with Crippen LogP contribution in [0.2, 0.25) is 0 Å². The normalized spacial score (nSPS) is 13.2. The largest absolute Gasteiger partial charge is 0.342 e. The molecule has 0 saturated carbocycles. The van der Waals surface area contributed by atoms with Crippen molar-refractivity contribution in [2.45, 2.75) is 23.6 Å². The van der Waals surface area contributed by atoms with Crippen LogP contribution in [0.15, 0.2) is 143 Å². The zero-order valence-electron chi connectivity index (χ0n) is 24.8. The van der Waals surface area contributed by atoms with Crippen LogP contribution in [0.4, 0.5) is 17.1 Å². The van der Waals surface area contributed by atoms with Crippen LogP contribution in [0.5, 0.6) is 0 Å². The predicted molar refractivity (Wildman–Crippen MR) is 178 cm³/mol. The van der Waals surface area contributed by atoms with E-state index in [4.69, 9.17) is 0 Å². The van der Waals surface area contributed by atoms with Crippen LogP contribution in [-0.2, 0) is 20.2 Å². The molecule has 4 aromatic rings. The van der Waals surface area contributed by atoms with Crippen LogP contribution in [0.1, 0.15) is 25.0 Å². The second kappa shape index (κ2) is 13.2. The summed E-state index contributed by atoms with van der Waals surface area (Å²) < 4.78 is 69.3. The molecular formula is C35H33N2O6S2+. The number of benzene rings is 4. The molecule has 1 aliphatic carbocycles. The zero-order valence-corrected chi connectivity index (χ0v) is 26.4. The summed E-state index contributed by atoms with van der Waals surface area (Å²) in [6.07, 6.45) is 7.57. The molecule has 0 atom stereocenters. The molecule has 0 aromatic heterocycles. The highest BCUT2D eigenvalue weighted by Gasteiger charge is 2.23. The van der Waals surface area contributed by atoms with Crippen LogP contribution in [0, 0.1) is 0 Å². The van der Waals surface area contributed by atoms with Crippen molar-refractivity contribution in [3.05, 3.63) is 144 Å². The summed E-state index contributed by atoms with van der Waals surface area (Å²) >= 11 is 0. The van der Waals surface area contributed by atoms with Gasteiger partial charge in [-0.1, -0.05) is 48.5 Å². The molecule has 5 rings (SSSR count). The number of anilines is 2. The van der Waals surface area contributed by atoms with Gasteiger partial charge in [-0.05, 0) is 85.2 Å². The van der Waals surface area contributed by atoms with Gasteiger partial charge in [0.25, 0.3) is 20.2 Å². The molecule has 45 heavy (non-hydrogen) atoms. The minimum Gasteiger partial charge on any atom is -0.342 e. The summed E-state index contributed by atoms with van der Waals surface area (Å²) in [5.74, 6) is 0. The van der Waals surface area contributed by atoms with Crippen molar-refractivity contribution in [3.8, 4) is 0 Å². The van der Waals surface area contributed by atoms with E-state index in [1.165, 1.54) is 18.2 Å². The number of rotatable bonds is 9. The van der Waals surface area contributed by atoms with Gasteiger partial charge in [0.2, 0.25) is 11.4 Å². The van der Waals surface area contributed by atoms with Crippen LogP contribution in [0.25, 0.3) is 5.57 Å². The van der Waals surface area contributed by atoms with Crippen molar-refractivity contribution in [1.82, 2.24) is 0 Å². The van der Waals surface area contributed by atoms with Gasteiger partial charge in [0.1, 0.15) is 11.4 Å². The van der Waals surface area contributed by atoms with E-state index in [1.807, 2.05) is 90.4 Å². The molecule has 8 nitrogen and oxygen atoms in total. The van der Waals surface area contributed by atoms with Crippen molar-refractivity contribution >= 4 is 48.6 Å². The second-order valence-corrected chi connectivity index (χ2v) is 13.0. The maximum Gasteiger partial charge on any atom is 0.295 e. The standard InChI is InChI=1S/C35H32N2O6S2/c1-3-36(28-10-6-5-7-11-28)29-18-14-26(15-19-29)35(33-12-8-9-13-34(33)45(41,42)43)27-16-20-30(21-17-27)37(4-2)31-22-24-32(25-23-31)44(38,39)40/h5-25H,3-4H2,1-2H3,(H-,38,39,40,41,42,43)/p+1. The minimum absolute atomic E-state index is 0.189. The third-order valence-corrected chi connectivity index (χ3v) is 9.30. The smallest absolute Gasteiger partial charge is 0.295 e. The summed E-state index contributed by atoms with van der Waals surface area (Å²) in [7, 11) is -8.84. The van der Waals surface area contributed by atoms with Gasteiger partial charge in [0, 0.05) is 47.8 Å². The molecule has 0 fully saturated rings. The number of hydrogen-bond acceptors (Lipinski definition) is 5. The monoisotopic (exact) mass is 641 g/mol. The predicted octanol–water partition coefficient (Wildman–Crippen LogP) is 7.07. The lowest BCUT2D eigenvalue weighted by molar-refractivity contribution is -0.434. The second-order valence-electron chi connectivity index (χ2n) is 10.2. The fourth-order valence-electron chi connectivity index (χ4n) is 5.43. The highest BCUT2D eigenvalue weighted by Crippen LogP contribution is 2.35. The lowest BCUT2D eigenvalue weighted by Gasteiger charge is -2.24. The van der Waals surface area contributed by atoms with Crippen LogP contribution in [-0.4, -0.2) is 49.3 Å². The Morgan fingerprint density at radius 1 is 0.667 bits per heavy atom. The number of para-hydroxylation sites is 1. The SMILES string of the molecule is CCN(c1ccccc1)c1ccc(C(=C2C=CC(=[N+](CC)c3ccc(S(=O)(=O)O)cc3)C=C2)c2ccccc2S(=O)(=O)O)cc1. The first kappa shape index (κ1) is 31.8. The third-order valence-electron chi connectivity index (χ3n) is 7.52. The Morgan fingerprint density at radius 2 is 1.24 bits per heavy atom. The summed E-state index contributed by atoms with van der Waals surface area (Å²) in [5, 5.41) is 0. The van der Waals surface area contributed by atoms with Crippen molar-refractivity contribution in [1.29, 1.82) is 0 Å². The first-order valence-corrected chi connectivity index (χ1v) is 17.2. The van der Waals surface area contributed by atoms with E-state index in [0.29, 0.717) is 17.7 Å². The number of allylic oxidation sites excluding steroid dienone is 5. The van der Waals surface area contributed by atoms with Gasteiger partial charge in [-0.15, -0.1) is 0 Å². The highest BCUT2D eigenvalue weighted by molar-refractivity contribution is 7.86. The Labute approximate surface area is 264 Å². The van der Waals surface area contributed by atoms with Crippen LogP contribution >= 0.6 is 0 Å². The zero-order chi connectivity index (χ0) is 32.2. The molecule has 1 aliphatic rings. The van der Waals surface area contributed by atoms with E-state index >= 15 is 0 Å². The van der Waals surface area contributed by atoms with Gasteiger partial charge in [0.15, 0.2) is 0 Å². The Hall–Kier alpha value is -4.61. The van der Waals surface area contributed by atoms with E-state index in [9.17, 15) is 25.9 Å². The van der Waals surface area contributed by atoms with Crippen LogP contribution in [0.3, 0.4) is 0 Å².